The molecule has 0 amide bonds. The van der Waals surface area contributed by atoms with Gasteiger partial charge in [0.15, 0.2) is 6.29 Å². The van der Waals surface area contributed by atoms with Gasteiger partial charge in [0.05, 0.1) is 13.0 Å². The Kier molecular flexibility index (Phi) is 8.28. The molecule has 2 rings (SSSR count). The second-order valence-corrected chi connectivity index (χ2v) is 6.80. The Labute approximate surface area is 168 Å². The van der Waals surface area contributed by atoms with Crippen molar-refractivity contribution in [3.05, 3.63) is 74.9 Å². The van der Waals surface area contributed by atoms with Gasteiger partial charge in [-0.1, -0.05) is 42.5 Å². The van der Waals surface area contributed by atoms with Crippen LogP contribution < -0.4 is 0 Å². The smallest absolute Gasteiger partial charge is 0.310 e. The lowest BCUT2D eigenvalue weighted by molar-refractivity contribution is -0.143. The number of carbonyl (C=O) groups is 1. The fourth-order valence-electron chi connectivity index (χ4n) is 2.80. The molecule has 0 aliphatic carbocycles. The monoisotopic (exact) mass is 466 g/mol. The van der Waals surface area contributed by atoms with Gasteiger partial charge < -0.3 is 14.2 Å². The van der Waals surface area contributed by atoms with Crippen LogP contribution in [-0.4, -0.2) is 33.1 Å². The summed E-state index contributed by atoms with van der Waals surface area (Å²) in [5.41, 5.74) is 3.65. The Hall–Kier alpha value is -1.70. The molecule has 0 bridgehead atoms. The Morgan fingerprint density at radius 1 is 0.962 bits per heavy atom. The van der Waals surface area contributed by atoms with E-state index in [-0.39, 0.29) is 12.4 Å². The zero-order valence-corrected chi connectivity index (χ0v) is 17.4. The predicted octanol–water partition coefficient (Wildman–Crippen LogP) is 4.67. The van der Waals surface area contributed by atoms with E-state index in [1.54, 1.807) is 21.1 Å². The van der Waals surface area contributed by atoms with Crippen LogP contribution >= 0.6 is 22.6 Å². The van der Waals surface area contributed by atoms with E-state index >= 15 is 0 Å². The molecule has 0 saturated heterocycles. The van der Waals surface area contributed by atoms with E-state index in [2.05, 4.69) is 22.6 Å². The van der Waals surface area contributed by atoms with Crippen molar-refractivity contribution in [1.82, 2.24) is 0 Å². The maximum atomic E-state index is 12.2. The Balaban J connectivity index is 2.67. The number of ether oxygens (including phenoxy) is 3. The molecule has 0 aliphatic rings. The van der Waals surface area contributed by atoms with Crippen molar-refractivity contribution >= 4 is 34.1 Å². The molecule has 2 aromatic rings. The van der Waals surface area contributed by atoms with Crippen molar-refractivity contribution in [2.75, 3.05) is 20.8 Å². The van der Waals surface area contributed by atoms with E-state index in [4.69, 9.17) is 14.2 Å². The number of hydrogen-bond acceptors (Lipinski definition) is 4. The fourth-order valence-corrected chi connectivity index (χ4v) is 3.16. The van der Waals surface area contributed by atoms with Crippen LogP contribution in [0.1, 0.15) is 24.5 Å². The summed E-state index contributed by atoms with van der Waals surface area (Å²) in [6, 6.07) is 18.1. The molecule has 0 unspecified atom stereocenters. The molecule has 0 heterocycles. The van der Waals surface area contributed by atoms with Crippen LogP contribution in [0.2, 0.25) is 0 Å². The SMILES string of the molecule is CCOC(=O)C/C(=C(\c1ccccc1)c1ccc(I)cc1)C(OC)OC. The number of benzene rings is 2. The standard InChI is InChI=1S/C21H23IO4/c1-4-26-19(23)14-18(21(24-2)25-3)20(15-8-6-5-7-9-15)16-10-12-17(22)13-11-16/h5-13,21H,4,14H2,1-3H3/b20-18-. The van der Waals surface area contributed by atoms with E-state index in [1.807, 2.05) is 54.6 Å². The van der Waals surface area contributed by atoms with Crippen molar-refractivity contribution in [3.8, 4) is 0 Å². The Bertz CT molecular complexity index is 734. The first kappa shape index (κ1) is 20.6. The second kappa shape index (κ2) is 10.4. The number of hydrogen-bond donors (Lipinski definition) is 0. The summed E-state index contributed by atoms with van der Waals surface area (Å²) in [6.45, 7) is 2.13. The van der Waals surface area contributed by atoms with Crippen LogP contribution in [0.25, 0.3) is 5.57 Å². The summed E-state index contributed by atoms with van der Waals surface area (Å²) < 4.78 is 17.3. The summed E-state index contributed by atoms with van der Waals surface area (Å²) >= 11 is 2.27. The molecule has 5 heteroatoms. The molecule has 0 aromatic heterocycles. The third-order valence-corrected chi connectivity index (χ3v) is 4.59. The summed E-state index contributed by atoms with van der Waals surface area (Å²) in [6.07, 6.45) is -0.551. The minimum atomic E-state index is -0.645. The van der Waals surface area contributed by atoms with Crippen molar-refractivity contribution in [2.24, 2.45) is 0 Å². The van der Waals surface area contributed by atoms with Gasteiger partial charge in [0.1, 0.15) is 0 Å². The van der Waals surface area contributed by atoms with Gasteiger partial charge in [0.25, 0.3) is 0 Å². The van der Waals surface area contributed by atoms with E-state index in [0.29, 0.717) is 6.61 Å². The van der Waals surface area contributed by atoms with Gasteiger partial charge in [-0.25, -0.2) is 0 Å². The first-order valence-corrected chi connectivity index (χ1v) is 9.44. The molecule has 0 spiro atoms. The molecule has 0 aliphatic heterocycles. The zero-order chi connectivity index (χ0) is 18.9. The highest BCUT2D eigenvalue weighted by molar-refractivity contribution is 14.1. The minimum absolute atomic E-state index is 0.0937. The molecule has 0 radical (unpaired) electrons. The van der Waals surface area contributed by atoms with Gasteiger partial charge in [-0.05, 0) is 58.3 Å². The van der Waals surface area contributed by atoms with E-state index < -0.39 is 6.29 Å². The van der Waals surface area contributed by atoms with Gasteiger partial charge in [0, 0.05) is 23.4 Å². The highest BCUT2D eigenvalue weighted by Crippen LogP contribution is 2.32. The lowest BCUT2D eigenvalue weighted by atomic mass is 9.91. The van der Waals surface area contributed by atoms with Crippen LogP contribution in [0.3, 0.4) is 0 Å². The lowest BCUT2D eigenvalue weighted by Gasteiger charge is -2.22. The van der Waals surface area contributed by atoms with E-state index in [9.17, 15) is 4.79 Å². The molecular weight excluding hydrogens is 443 g/mol. The largest absolute Gasteiger partial charge is 0.466 e. The number of halogens is 1. The molecule has 26 heavy (non-hydrogen) atoms. The highest BCUT2D eigenvalue weighted by atomic mass is 127. The van der Waals surface area contributed by atoms with Crippen molar-refractivity contribution in [2.45, 2.75) is 19.6 Å². The Morgan fingerprint density at radius 3 is 2.08 bits per heavy atom. The lowest BCUT2D eigenvalue weighted by Crippen LogP contribution is -2.21. The van der Waals surface area contributed by atoms with Gasteiger partial charge in [-0.15, -0.1) is 0 Å². The van der Waals surface area contributed by atoms with Gasteiger partial charge in [-0.2, -0.15) is 0 Å². The fraction of sp³-hybridized carbons (Fsp3) is 0.286. The predicted molar refractivity (Wildman–Crippen MR) is 111 cm³/mol. The van der Waals surface area contributed by atoms with Gasteiger partial charge in [-0.3, -0.25) is 4.79 Å². The average molecular weight is 466 g/mol. The Morgan fingerprint density at radius 2 is 1.54 bits per heavy atom. The van der Waals surface area contributed by atoms with Gasteiger partial charge >= 0.3 is 5.97 Å². The maximum absolute atomic E-state index is 12.2. The highest BCUT2D eigenvalue weighted by Gasteiger charge is 2.23. The van der Waals surface area contributed by atoms with Gasteiger partial charge in [0.2, 0.25) is 0 Å². The van der Waals surface area contributed by atoms with Crippen LogP contribution in [0.4, 0.5) is 0 Å². The average Bonchev–Trinajstić information content (AvgIpc) is 2.65. The third-order valence-electron chi connectivity index (χ3n) is 3.87. The summed E-state index contributed by atoms with van der Waals surface area (Å²) in [4.78, 5) is 12.2. The number of esters is 1. The van der Waals surface area contributed by atoms with Crippen LogP contribution in [-0.2, 0) is 19.0 Å². The number of carbonyl (C=O) groups excluding carboxylic acids is 1. The molecule has 4 nitrogen and oxygen atoms in total. The molecule has 0 fully saturated rings. The molecule has 0 N–H and O–H groups in total. The third kappa shape index (κ3) is 5.40. The van der Waals surface area contributed by atoms with Crippen LogP contribution in [0.5, 0.6) is 0 Å². The van der Waals surface area contributed by atoms with Crippen LogP contribution in [0, 0.1) is 3.57 Å². The second-order valence-electron chi connectivity index (χ2n) is 5.56. The summed E-state index contributed by atoms with van der Waals surface area (Å²) in [5.74, 6) is -0.305. The maximum Gasteiger partial charge on any atom is 0.310 e. The number of rotatable bonds is 8. The first-order valence-electron chi connectivity index (χ1n) is 8.36. The summed E-state index contributed by atoms with van der Waals surface area (Å²) in [5, 5.41) is 0. The molecular formula is C21H23IO4. The topological polar surface area (TPSA) is 44.8 Å². The quantitative estimate of drug-likeness (QED) is 0.323. The summed E-state index contributed by atoms with van der Waals surface area (Å²) in [7, 11) is 3.13. The molecule has 0 atom stereocenters. The van der Waals surface area contributed by atoms with Crippen molar-refractivity contribution in [3.63, 3.8) is 0 Å². The normalized spacial score (nSPS) is 12.0. The van der Waals surface area contributed by atoms with Crippen molar-refractivity contribution in [1.29, 1.82) is 0 Å². The van der Waals surface area contributed by atoms with E-state index in [1.165, 1.54) is 0 Å². The first-order chi connectivity index (χ1) is 12.6. The van der Waals surface area contributed by atoms with Crippen molar-refractivity contribution < 1.29 is 19.0 Å². The van der Waals surface area contributed by atoms with Crippen LogP contribution in [0.15, 0.2) is 60.2 Å². The zero-order valence-electron chi connectivity index (χ0n) is 15.2. The minimum Gasteiger partial charge on any atom is -0.466 e. The molecule has 138 valence electrons. The number of methoxy groups -OCH3 is 2. The molecule has 2 aromatic carbocycles. The van der Waals surface area contributed by atoms with E-state index in [0.717, 1.165) is 25.8 Å². The molecule has 0 saturated carbocycles.